The van der Waals surface area contributed by atoms with E-state index in [0.717, 1.165) is 16.5 Å². The molecule has 128 valence electrons. The van der Waals surface area contributed by atoms with E-state index in [0.29, 0.717) is 17.1 Å². The molecule has 0 saturated heterocycles. The monoisotopic (exact) mass is 337 g/mol. The maximum absolute atomic E-state index is 12.4. The summed E-state index contributed by atoms with van der Waals surface area (Å²) >= 11 is 0. The van der Waals surface area contributed by atoms with Crippen molar-refractivity contribution in [3.8, 4) is 11.5 Å². The summed E-state index contributed by atoms with van der Waals surface area (Å²) < 4.78 is 12.4. The molecule has 0 radical (unpaired) electrons. The van der Waals surface area contributed by atoms with E-state index in [4.69, 9.17) is 9.47 Å². The van der Waals surface area contributed by atoms with Gasteiger partial charge in [-0.2, -0.15) is 5.10 Å². The minimum atomic E-state index is -0.256. The van der Waals surface area contributed by atoms with Crippen LogP contribution in [-0.2, 0) is 7.05 Å². The van der Waals surface area contributed by atoms with Gasteiger partial charge in [0.15, 0.2) is 11.5 Å². The molecule has 0 saturated carbocycles. The molecule has 0 unspecified atom stereocenters. The highest BCUT2D eigenvalue weighted by Crippen LogP contribution is 2.26. The number of hydrogen-bond acceptors (Lipinski definition) is 4. The quantitative estimate of drug-likeness (QED) is 0.575. The molecule has 0 spiro atoms. The van der Waals surface area contributed by atoms with Crippen molar-refractivity contribution in [2.24, 2.45) is 12.1 Å². The molecule has 6 nitrogen and oxygen atoms in total. The van der Waals surface area contributed by atoms with Crippen molar-refractivity contribution in [1.29, 1.82) is 0 Å². The van der Waals surface area contributed by atoms with E-state index in [1.54, 1.807) is 38.8 Å². The van der Waals surface area contributed by atoms with Gasteiger partial charge in [-0.15, -0.1) is 0 Å². The SMILES string of the molecule is COc1ccc(/C=N/NC(=O)c2cn(C)c3ccccc23)cc1OC. The van der Waals surface area contributed by atoms with Gasteiger partial charge < -0.3 is 14.0 Å². The fourth-order valence-corrected chi connectivity index (χ4v) is 2.68. The van der Waals surface area contributed by atoms with E-state index in [1.165, 1.54) is 0 Å². The fraction of sp³-hybridized carbons (Fsp3) is 0.158. The van der Waals surface area contributed by atoms with Crippen LogP contribution in [0.2, 0.25) is 0 Å². The van der Waals surface area contributed by atoms with E-state index >= 15 is 0 Å². The number of rotatable bonds is 5. The topological polar surface area (TPSA) is 64.8 Å². The highest BCUT2D eigenvalue weighted by atomic mass is 16.5. The first kappa shape index (κ1) is 16.6. The second-order valence-electron chi connectivity index (χ2n) is 5.48. The van der Waals surface area contributed by atoms with Crippen molar-refractivity contribution < 1.29 is 14.3 Å². The molecular weight excluding hydrogens is 318 g/mol. The summed E-state index contributed by atoms with van der Waals surface area (Å²) in [7, 11) is 5.06. The molecule has 0 bridgehead atoms. The molecule has 6 heteroatoms. The normalized spacial score (nSPS) is 11.0. The smallest absolute Gasteiger partial charge is 0.273 e. The third kappa shape index (κ3) is 3.33. The maximum atomic E-state index is 12.4. The van der Waals surface area contributed by atoms with Crippen molar-refractivity contribution in [1.82, 2.24) is 9.99 Å². The molecular formula is C19H19N3O3. The molecule has 0 atom stereocenters. The Bertz CT molecular complexity index is 944. The number of amides is 1. The number of methoxy groups -OCH3 is 2. The standard InChI is InChI=1S/C19H19N3O3/c1-22-12-15(14-6-4-5-7-16(14)22)19(23)21-20-11-13-8-9-17(24-2)18(10-13)25-3/h4-12H,1-3H3,(H,21,23)/b20-11+. The van der Waals surface area contributed by atoms with Gasteiger partial charge >= 0.3 is 0 Å². The second-order valence-corrected chi connectivity index (χ2v) is 5.48. The predicted molar refractivity (Wildman–Crippen MR) is 97.5 cm³/mol. The van der Waals surface area contributed by atoms with Crippen LogP contribution in [0.15, 0.2) is 53.8 Å². The number of carbonyl (C=O) groups is 1. The Hall–Kier alpha value is -3.28. The summed E-state index contributed by atoms with van der Waals surface area (Å²) in [6.45, 7) is 0. The van der Waals surface area contributed by atoms with Crippen LogP contribution in [0.3, 0.4) is 0 Å². The van der Waals surface area contributed by atoms with Crippen molar-refractivity contribution >= 4 is 23.0 Å². The van der Waals surface area contributed by atoms with Gasteiger partial charge in [-0.05, 0) is 29.8 Å². The van der Waals surface area contributed by atoms with Crippen LogP contribution in [0, 0.1) is 0 Å². The first-order valence-corrected chi connectivity index (χ1v) is 7.73. The van der Waals surface area contributed by atoms with Crippen molar-refractivity contribution in [3.63, 3.8) is 0 Å². The minimum Gasteiger partial charge on any atom is -0.493 e. The van der Waals surface area contributed by atoms with Gasteiger partial charge in [0.1, 0.15) is 0 Å². The van der Waals surface area contributed by atoms with Gasteiger partial charge in [-0.1, -0.05) is 18.2 Å². The van der Waals surface area contributed by atoms with Gasteiger partial charge in [0.25, 0.3) is 5.91 Å². The first-order valence-electron chi connectivity index (χ1n) is 7.73. The van der Waals surface area contributed by atoms with E-state index in [2.05, 4.69) is 10.5 Å². The molecule has 0 fully saturated rings. The van der Waals surface area contributed by atoms with Crippen LogP contribution in [-0.4, -0.2) is 30.9 Å². The van der Waals surface area contributed by atoms with E-state index in [9.17, 15) is 4.79 Å². The fourth-order valence-electron chi connectivity index (χ4n) is 2.68. The highest BCUT2D eigenvalue weighted by Gasteiger charge is 2.12. The number of benzene rings is 2. The van der Waals surface area contributed by atoms with Crippen LogP contribution in [0.25, 0.3) is 10.9 Å². The molecule has 0 aliphatic carbocycles. The minimum absolute atomic E-state index is 0.256. The lowest BCUT2D eigenvalue weighted by Crippen LogP contribution is -2.17. The number of nitrogens with zero attached hydrogens (tertiary/aromatic N) is 2. The Kier molecular flexibility index (Phi) is 4.70. The number of fused-ring (bicyclic) bond motifs is 1. The first-order chi connectivity index (χ1) is 12.1. The van der Waals surface area contributed by atoms with Gasteiger partial charge in [-0.25, -0.2) is 5.43 Å². The number of aromatic nitrogens is 1. The number of hydrogen-bond donors (Lipinski definition) is 1. The number of nitrogens with one attached hydrogen (secondary N) is 1. The van der Waals surface area contributed by atoms with Crippen molar-refractivity contribution in [2.75, 3.05) is 14.2 Å². The number of ether oxygens (including phenoxy) is 2. The molecule has 0 aliphatic rings. The molecule has 1 N–H and O–H groups in total. The molecule has 3 rings (SSSR count). The van der Waals surface area contributed by atoms with Crippen LogP contribution < -0.4 is 14.9 Å². The van der Waals surface area contributed by atoms with Crippen LogP contribution >= 0.6 is 0 Å². The average molecular weight is 337 g/mol. The molecule has 25 heavy (non-hydrogen) atoms. The summed E-state index contributed by atoms with van der Waals surface area (Å²) in [6.07, 6.45) is 3.36. The molecule has 3 aromatic rings. The van der Waals surface area contributed by atoms with Gasteiger partial charge in [0, 0.05) is 24.1 Å². The van der Waals surface area contributed by atoms with E-state index < -0.39 is 0 Å². The number of hydrazone groups is 1. The van der Waals surface area contributed by atoms with E-state index in [1.807, 2.05) is 41.9 Å². The van der Waals surface area contributed by atoms with Crippen LogP contribution in [0.4, 0.5) is 0 Å². The Balaban J connectivity index is 1.76. The molecule has 1 heterocycles. The summed E-state index contributed by atoms with van der Waals surface area (Å²) in [4.78, 5) is 12.4. The Labute approximate surface area is 145 Å². The predicted octanol–water partition coefficient (Wildman–Crippen LogP) is 2.96. The van der Waals surface area contributed by atoms with Gasteiger partial charge in [0.2, 0.25) is 0 Å². The Morgan fingerprint density at radius 1 is 1.12 bits per heavy atom. The lowest BCUT2D eigenvalue weighted by Gasteiger charge is -2.07. The van der Waals surface area contributed by atoms with Gasteiger partial charge in [-0.3, -0.25) is 4.79 Å². The zero-order valence-electron chi connectivity index (χ0n) is 14.3. The summed E-state index contributed by atoms with van der Waals surface area (Å²) in [5.41, 5.74) is 4.93. The van der Waals surface area contributed by atoms with Gasteiger partial charge in [0.05, 0.1) is 26.0 Å². The Morgan fingerprint density at radius 2 is 1.88 bits per heavy atom. The van der Waals surface area contributed by atoms with Crippen LogP contribution in [0.5, 0.6) is 11.5 Å². The summed E-state index contributed by atoms with van der Waals surface area (Å²) in [5.74, 6) is 0.986. The third-order valence-corrected chi connectivity index (χ3v) is 3.93. The maximum Gasteiger partial charge on any atom is 0.273 e. The molecule has 1 aromatic heterocycles. The molecule has 1 amide bonds. The highest BCUT2D eigenvalue weighted by molar-refractivity contribution is 6.07. The molecule has 0 aliphatic heterocycles. The summed E-state index contributed by atoms with van der Waals surface area (Å²) in [6, 6.07) is 13.1. The Morgan fingerprint density at radius 3 is 2.64 bits per heavy atom. The number of para-hydroxylation sites is 1. The number of carbonyl (C=O) groups excluding carboxylic acids is 1. The number of aryl methyl sites for hydroxylation is 1. The van der Waals surface area contributed by atoms with E-state index in [-0.39, 0.29) is 5.91 Å². The second kappa shape index (κ2) is 7.09. The third-order valence-electron chi connectivity index (χ3n) is 3.93. The lowest BCUT2D eigenvalue weighted by atomic mass is 10.2. The average Bonchev–Trinajstić information content (AvgIpc) is 2.98. The zero-order chi connectivity index (χ0) is 17.8. The summed E-state index contributed by atoms with van der Waals surface area (Å²) in [5, 5.41) is 4.93. The molecule has 2 aromatic carbocycles. The van der Waals surface area contributed by atoms with Crippen molar-refractivity contribution in [2.45, 2.75) is 0 Å². The van der Waals surface area contributed by atoms with Crippen LogP contribution in [0.1, 0.15) is 15.9 Å². The zero-order valence-corrected chi connectivity index (χ0v) is 14.3. The van der Waals surface area contributed by atoms with Crippen molar-refractivity contribution in [3.05, 3.63) is 59.8 Å². The lowest BCUT2D eigenvalue weighted by molar-refractivity contribution is 0.0956. The largest absolute Gasteiger partial charge is 0.493 e.